The van der Waals surface area contributed by atoms with E-state index < -0.39 is 5.97 Å². The molecule has 3 heterocycles. The molecule has 0 fully saturated rings. The van der Waals surface area contributed by atoms with E-state index in [0.717, 1.165) is 28.2 Å². The molecule has 1 aromatic carbocycles. The van der Waals surface area contributed by atoms with Crippen LogP contribution in [0.4, 0.5) is 0 Å². The van der Waals surface area contributed by atoms with Crippen molar-refractivity contribution in [2.24, 2.45) is 0 Å². The molecule has 0 spiro atoms. The zero-order valence-electron chi connectivity index (χ0n) is 14.2. The van der Waals surface area contributed by atoms with Crippen LogP contribution in [0.3, 0.4) is 0 Å². The molecule has 1 N–H and O–H groups in total. The number of hydrogen-bond acceptors (Lipinski definition) is 3. The number of benzene rings is 1. The maximum atomic E-state index is 11.1. The lowest BCUT2D eigenvalue weighted by Crippen LogP contribution is -2.10. The minimum absolute atomic E-state index is 0.00542. The van der Waals surface area contributed by atoms with Gasteiger partial charge in [-0.2, -0.15) is 10.2 Å². The smallest absolute Gasteiger partial charge is 0.356 e. The third kappa shape index (κ3) is 3.41. The van der Waals surface area contributed by atoms with Gasteiger partial charge in [-0.1, -0.05) is 35.3 Å². The Morgan fingerprint density at radius 3 is 2.59 bits per heavy atom. The quantitative estimate of drug-likeness (QED) is 0.544. The Balaban J connectivity index is 1.80. The monoisotopic (exact) mass is 400 g/mol. The predicted octanol–water partition coefficient (Wildman–Crippen LogP) is 4.56. The van der Waals surface area contributed by atoms with E-state index in [1.54, 1.807) is 15.3 Å². The highest BCUT2D eigenvalue weighted by Gasteiger charge is 2.14. The largest absolute Gasteiger partial charge is 0.476 e. The Morgan fingerprint density at radius 1 is 1.07 bits per heavy atom. The number of carbonyl (C=O) groups is 1. The lowest BCUT2D eigenvalue weighted by Gasteiger charge is -2.08. The lowest BCUT2D eigenvalue weighted by atomic mass is 10.1. The summed E-state index contributed by atoms with van der Waals surface area (Å²) in [6.07, 6.45) is 0. The van der Waals surface area contributed by atoms with Gasteiger partial charge in [0.15, 0.2) is 5.69 Å². The third-order valence-corrected chi connectivity index (χ3v) is 4.68. The summed E-state index contributed by atoms with van der Waals surface area (Å²) in [7, 11) is 0. The number of halogens is 2. The molecule has 0 amide bonds. The number of nitrogens with zero attached hydrogens (tertiary/aromatic N) is 4. The van der Waals surface area contributed by atoms with Crippen molar-refractivity contribution in [3.63, 3.8) is 0 Å². The van der Waals surface area contributed by atoms with Crippen molar-refractivity contribution in [3.05, 3.63) is 75.7 Å². The van der Waals surface area contributed by atoms with Gasteiger partial charge in [0.2, 0.25) is 0 Å². The fraction of sp³-hybridized carbons (Fsp3) is 0.105. The van der Waals surface area contributed by atoms with Crippen molar-refractivity contribution in [1.82, 2.24) is 19.4 Å². The van der Waals surface area contributed by atoms with Crippen molar-refractivity contribution in [3.8, 4) is 11.3 Å². The number of aryl methyl sites for hydroxylation is 1. The van der Waals surface area contributed by atoms with Crippen molar-refractivity contribution >= 4 is 34.7 Å². The van der Waals surface area contributed by atoms with Gasteiger partial charge >= 0.3 is 5.97 Å². The highest BCUT2D eigenvalue weighted by molar-refractivity contribution is 6.31. The summed E-state index contributed by atoms with van der Waals surface area (Å²) in [6.45, 7) is 2.15. The van der Waals surface area contributed by atoms with Crippen molar-refractivity contribution in [2.45, 2.75) is 13.5 Å². The first-order valence-electron chi connectivity index (χ1n) is 8.12. The summed E-state index contributed by atoms with van der Waals surface area (Å²) < 4.78 is 3.40. The number of fused-ring (bicyclic) bond motifs is 1. The molecule has 0 aliphatic heterocycles. The highest BCUT2D eigenvalue weighted by atomic mass is 35.5. The average Bonchev–Trinajstić information content (AvgIpc) is 3.19. The van der Waals surface area contributed by atoms with Crippen LogP contribution in [-0.2, 0) is 6.54 Å². The van der Waals surface area contributed by atoms with Gasteiger partial charge in [0.1, 0.15) is 0 Å². The van der Waals surface area contributed by atoms with E-state index in [0.29, 0.717) is 16.6 Å². The summed E-state index contributed by atoms with van der Waals surface area (Å²) in [5.41, 5.74) is 4.03. The van der Waals surface area contributed by atoms with E-state index in [1.807, 2.05) is 43.3 Å². The Morgan fingerprint density at radius 2 is 1.89 bits per heavy atom. The topological polar surface area (TPSA) is 72.4 Å². The van der Waals surface area contributed by atoms with Gasteiger partial charge in [0.25, 0.3) is 0 Å². The SMILES string of the molecule is Cc1cc(C(=O)O)nn1Cc1cc(Cl)cc2cc(-c3cccc(Cl)c3)nn12. The summed E-state index contributed by atoms with van der Waals surface area (Å²) in [5, 5.41) is 19.1. The number of aromatic carboxylic acids is 1. The molecule has 6 nitrogen and oxygen atoms in total. The van der Waals surface area contributed by atoms with E-state index in [2.05, 4.69) is 10.2 Å². The standard InChI is InChI=1S/C19H14Cl2N4O2/c1-11-5-18(19(26)27)22-24(11)10-16-8-14(21)7-15-9-17(23-25(15)16)12-3-2-4-13(20)6-12/h2-9H,10H2,1H3,(H,26,27). The maximum Gasteiger partial charge on any atom is 0.356 e. The Hall–Kier alpha value is -2.83. The van der Waals surface area contributed by atoms with Crippen molar-refractivity contribution < 1.29 is 9.90 Å². The Kier molecular flexibility index (Phi) is 4.37. The fourth-order valence-corrected chi connectivity index (χ4v) is 3.39. The van der Waals surface area contributed by atoms with Crippen LogP contribution in [0.2, 0.25) is 10.0 Å². The van der Waals surface area contributed by atoms with E-state index in [9.17, 15) is 4.79 Å². The maximum absolute atomic E-state index is 11.1. The van der Waals surface area contributed by atoms with Gasteiger partial charge < -0.3 is 5.11 Å². The molecule has 8 heteroatoms. The second-order valence-corrected chi connectivity index (χ2v) is 7.05. The van der Waals surface area contributed by atoms with E-state index in [1.165, 1.54) is 6.07 Å². The second-order valence-electron chi connectivity index (χ2n) is 6.18. The second kappa shape index (κ2) is 6.72. The highest BCUT2D eigenvalue weighted by Crippen LogP contribution is 2.25. The van der Waals surface area contributed by atoms with Gasteiger partial charge in [-0.05, 0) is 43.3 Å². The van der Waals surface area contributed by atoms with Gasteiger partial charge in [0.05, 0.1) is 23.4 Å². The van der Waals surface area contributed by atoms with Crippen LogP contribution in [-0.4, -0.2) is 30.5 Å². The molecule has 0 saturated heterocycles. The minimum atomic E-state index is -1.06. The Bertz CT molecular complexity index is 1180. The number of rotatable bonds is 4. The van der Waals surface area contributed by atoms with Crippen LogP contribution in [0.25, 0.3) is 16.8 Å². The van der Waals surface area contributed by atoms with E-state index >= 15 is 0 Å². The van der Waals surface area contributed by atoms with Crippen LogP contribution in [0, 0.1) is 6.92 Å². The van der Waals surface area contributed by atoms with Gasteiger partial charge in [-0.3, -0.25) is 4.68 Å². The molecule has 4 rings (SSSR count). The third-order valence-electron chi connectivity index (χ3n) is 4.23. The first kappa shape index (κ1) is 17.6. The zero-order chi connectivity index (χ0) is 19.1. The predicted molar refractivity (Wildman–Crippen MR) is 104 cm³/mol. The molecule has 3 aromatic heterocycles. The molecule has 0 unspecified atom stereocenters. The van der Waals surface area contributed by atoms with E-state index in [4.69, 9.17) is 28.3 Å². The van der Waals surface area contributed by atoms with Crippen LogP contribution in [0.15, 0.2) is 48.5 Å². The van der Waals surface area contributed by atoms with Gasteiger partial charge in [0, 0.05) is 21.3 Å². The molecule has 0 bridgehead atoms. The van der Waals surface area contributed by atoms with Crippen LogP contribution >= 0.6 is 23.2 Å². The van der Waals surface area contributed by atoms with Crippen molar-refractivity contribution in [1.29, 1.82) is 0 Å². The molecular formula is C19H14Cl2N4O2. The molecule has 0 saturated carbocycles. The fourth-order valence-electron chi connectivity index (χ4n) is 2.96. The molecule has 0 aliphatic rings. The number of carboxylic acid groups (broad SMARTS) is 1. The number of hydrogen-bond donors (Lipinski definition) is 1. The number of carboxylic acids is 1. The van der Waals surface area contributed by atoms with Crippen LogP contribution < -0.4 is 0 Å². The molecule has 4 aromatic rings. The zero-order valence-corrected chi connectivity index (χ0v) is 15.7. The molecule has 0 radical (unpaired) electrons. The first-order chi connectivity index (χ1) is 12.9. The molecule has 27 heavy (non-hydrogen) atoms. The average molecular weight is 401 g/mol. The van der Waals surface area contributed by atoms with Gasteiger partial charge in [-0.15, -0.1) is 0 Å². The Labute approximate surface area is 164 Å². The molecular weight excluding hydrogens is 387 g/mol. The number of pyridine rings is 1. The van der Waals surface area contributed by atoms with Crippen LogP contribution in [0.5, 0.6) is 0 Å². The van der Waals surface area contributed by atoms with E-state index in [-0.39, 0.29) is 5.69 Å². The summed E-state index contributed by atoms with van der Waals surface area (Å²) in [5.74, 6) is -1.06. The summed E-state index contributed by atoms with van der Waals surface area (Å²) >= 11 is 12.4. The number of aromatic nitrogens is 4. The molecule has 0 aliphatic carbocycles. The molecule has 136 valence electrons. The summed E-state index contributed by atoms with van der Waals surface area (Å²) in [6, 6.07) is 14.5. The molecule has 0 atom stereocenters. The first-order valence-corrected chi connectivity index (χ1v) is 8.88. The lowest BCUT2D eigenvalue weighted by molar-refractivity contribution is 0.0689. The van der Waals surface area contributed by atoms with Crippen molar-refractivity contribution in [2.75, 3.05) is 0 Å². The normalized spacial score (nSPS) is 11.2. The minimum Gasteiger partial charge on any atom is -0.476 e. The summed E-state index contributed by atoms with van der Waals surface area (Å²) in [4.78, 5) is 11.1. The van der Waals surface area contributed by atoms with Crippen LogP contribution in [0.1, 0.15) is 21.9 Å². The van der Waals surface area contributed by atoms with Gasteiger partial charge in [-0.25, -0.2) is 9.31 Å².